The van der Waals surface area contributed by atoms with Gasteiger partial charge in [0.15, 0.2) is 0 Å². The SMILES string of the molecule is C=Cc1ccc2c(c1)c1cc(/C=C/I)ccc1n2C(C)C. The molecule has 0 radical (unpaired) electrons. The number of halogens is 1. The Kier molecular flexibility index (Phi) is 3.89. The van der Waals surface area contributed by atoms with Crippen molar-refractivity contribution in [3.05, 3.63) is 58.2 Å². The van der Waals surface area contributed by atoms with Gasteiger partial charge in [0.2, 0.25) is 0 Å². The Bertz CT molecular complexity index is 853. The monoisotopic (exact) mass is 387 g/mol. The van der Waals surface area contributed by atoms with Gasteiger partial charge in [-0.1, -0.05) is 47.4 Å². The quantitative estimate of drug-likeness (QED) is 0.457. The third kappa shape index (κ3) is 2.42. The van der Waals surface area contributed by atoms with E-state index < -0.39 is 0 Å². The van der Waals surface area contributed by atoms with Crippen LogP contribution in [0.25, 0.3) is 34.0 Å². The van der Waals surface area contributed by atoms with Crippen LogP contribution in [0.4, 0.5) is 0 Å². The van der Waals surface area contributed by atoms with E-state index in [0.29, 0.717) is 6.04 Å². The highest BCUT2D eigenvalue weighted by Crippen LogP contribution is 2.33. The molecule has 0 amide bonds. The molecule has 0 unspecified atom stereocenters. The zero-order valence-electron chi connectivity index (χ0n) is 12.3. The minimum Gasteiger partial charge on any atom is -0.338 e. The van der Waals surface area contributed by atoms with Crippen LogP contribution in [0.3, 0.4) is 0 Å². The Morgan fingerprint density at radius 3 is 2.10 bits per heavy atom. The summed E-state index contributed by atoms with van der Waals surface area (Å²) in [5.41, 5.74) is 5.00. The third-order valence-corrected chi connectivity index (χ3v) is 4.22. The van der Waals surface area contributed by atoms with Crippen molar-refractivity contribution in [2.45, 2.75) is 19.9 Å². The van der Waals surface area contributed by atoms with Crippen LogP contribution in [-0.4, -0.2) is 4.57 Å². The second-order valence-corrected chi connectivity index (χ2v) is 6.23. The zero-order valence-corrected chi connectivity index (χ0v) is 14.5. The number of hydrogen-bond acceptors (Lipinski definition) is 0. The van der Waals surface area contributed by atoms with Crippen LogP contribution in [0.1, 0.15) is 31.0 Å². The molecule has 0 aliphatic carbocycles. The maximum absolute atomic E-state index is 3.89. The van der Waals surface area contributed by atoms with E-state index in [1.54, 1.807) is 0 Å². The summed E-state index contributed by atoms with van der Waals surface area (Å²) in [6.07, 6.45) is 4.04. The highest BCUT2D eigenvalue weighted by atomic mass is 127. The first-order valence-corrected chi connectivity index (χ1v) is 8.37. The molecule has 0 atom stereocenters. The summed E-state index contributed by atoms with van der Waals surface area (Å²) >= 11 is 2.26. The topological polar surface area (TPSA) is 4.93 Å². The molecule has 2 heteroatoms. The number of hydrogen-bond donors (Lipinski definition) is 0. The van der Waals surface area contributed by atoms with E-state index >= 15 is 0 Å². The predicted octanol–water partition coefficient (Wildman–Crippen LogP) is 6.42. The van der Waals surface area contributed by atoms with Crippen LogP contribution in [0.2, 0.25) is 0 Å². The summed E-state index contributed by atoms with van der Waals surface area (Å²) in [7, 11) is 0. The summed E-state index contributed by atoms with van der Waals surface area (Å²) in [6.45, 7) is 8.36. The molecule has 0 bridgehead atoms. The minimum absolute atomic E-state index is 0.436. The van der Waals surface area contributed by atoms with E-state index in [1.165, 1.54) is 32.9 Å². The van der Waals surface area contributed by atoms with Crippen LogP contribution in [0, 0.1) is 0 Å². The van der Waals surface area contributed by atoms with Crippen LogP contribution in [0.5, 0.6) is 0 Å². The molecule has 0 aliphatic heterocycles. The van der Waals surface area contributed by atoms with E-state index in [9.17, 15) is 0 Å². The Balaban J connectivity index is 2.46. The first kappa shape index (κ1) is 14.4. The van der Waals surface area contributed by atoms with Gasteiger partial charge in [0, 0.05) is 27.8 Å². The molecule has 3 rings (SSSR count). The summed E-state index contributed by atoms with van der Waals surface area (Å²) in [5.74, 6) is 0. The van der Waals surface area contributed by atoms with Crippen LogP contribution >= 0.6 is 22.6 Å². The largest absolute Gasteiger partial charge is 0.338 e. The van der Waals surface area contributed by atoms with Gasteiger partial charge in [-0.25, -0.2) is 0 Å². The van der Waals surface area contributed by atoms with Gasteiger partial charge in [-0.3, -0.25) is 0 Å². The highest BCUT2D eigenvalue weighted by Gasteiger charge is 2.13. The number of fused-ring (bicyclic) bond motifs is 3. The molecule has 106 valence electrons. The second-order valence-electron chi connectivity index (χ2n) is 5.51. The molecule has 0 saturated carbocycles. The normalized spacial score (nSPS) is 12.0. The smallest absolute Gasteiger partial charge is 0.0494 e. The van der Waals surface area contributed by atoms with Crippen molar-refractivity contribution < 1.29 is 0 Å². The molecule has 2 aromatic carbocycles. The molecule has 0 aliphatic rings. The molecule has 0 fully saturated rings. The van der Waals surface area contributed by atoms with Crippen LogP contribution in [0.15, 0.2) is 47.1 Å². The third-order valence-electron chi connectivity index (χ3n) is 3.86. The Morgan fingerprint density at radius 2 is 1.57 bits per heavy atom. The molecule has 1 heterocycles. The number of aromatic nitrogens is 1. The van der Waals surface area contributed by atoms with Gasteiger partial charge in [0.25, 0.3) is 0 Å². The standard InChI is InChI=1S/C19H18IN/c1-4-14-5-7-18-16(11-14)17-12-15(9-10-20)6-8-19(17)21(18)13(2)3/h4-13H,1H2,2-3H3/b10-9+. The van der Waals surface area contributed by atoms with E-state index in [4.69, 9.17) is 0 Å². The van der Waals surface area contributed by atoms with Crippen molar-refractivity contribution in [1.82, 2.24) is 4.57 Å². The average molecular weight is 387 g/mol. The maximum Gasteiger partial charge on any atom is 0.0494 e. The summed E-state index contributed by atoms with van der Waals surface area (Å²) < 4.78 is 4.46. The lowest BCUT2D eigenvalue weighted by Gasteiger charge is -2.11. The van der Waals surface area contributed by atoms with E-state index in [-0.39, 0.29) is 0 Å². The van der Waals surface area contributed by atoms with Gasteiger partial charge < -0.3 is 4.57 Å². The summed E-state index contributed by atoms with van der Waals surface area (Å²) in [6, 6.07) is 13.7. The minimum atomic E-state index is 0.436. The van der Waals surface area contributed by atoms with Crippen LogP contribution in [-0.2, 0) is 0 Å². The van der Waals surface area contributed by atoms with Gasteiger partial charge in [-0.15, -0.1) is 0 Å². The first-order valence-electron chi connectivity index (χ1n) is 7.12. The Labute approximate surface area is 139 Å². The number of benzene rings is 2. The lowest BCUT2D eigenvalue weighted by Crippen LogP contribution is -1.99. The predicted molar refractivity (Wildman–Crippen MR) is 103 cm³/mol. The first-order chi connectivity index (χ1) is 10.2. The van der Waals surface area contributed by atoms with Gasteiger partial charge in [-0.2, -0.15) is 0 Å². The Morgan fingerprint density at radius 1 is 1.00 bits per heavy atom. The van der Waals surface area contributed by atoms with Crippen molar-refractivity contribution in [3.63, 3.8) is 0 Å². The van der Waals surface area contributed by atoms with Crippen molar-refractivity contribution in [1.29, 1.82) is 0 Å². The summed E-state index contributed by atoms with van der Waals surface area (Å²) in [4.78, 5) is 0. The van der Waals surface area contributed by atoms with Crippen molar-refractivity contribution >= 4 is 56.5 Å². The molecule has 21 heavy (non-hydrogen) atoms. The van der Waals surface area contributed by atoms with Gasteiger partial charge >= 0.3 is 0 Å². The molecule has 3 aromatic rings. The molecule has 1 aromatic heterocycles. The Hall–Kier alpha value is -1.55. The van der Waals surface area contributed by atoms with E-state index in [2.05, 4.69) is 94.1 Å². The average Bonchev–Trinajstić information content (AvgIpc) is 2.80. The molecular weight excluding hydrogens is 369 g/mol. The van der Waals surface area contributed by atoms with E-state index in [1.807, 2.05) is 6.08 Å². The van der Waals surface area contributed by atoms with Gasteiger partial charge in [-0.05, 0) is 59.4 Å². The molecule has 0 spiro atoms. The van der Waals surface area contributed by atoms with Gasteiger partial charge in [0.05, 0.1) is 0 Å². The van der Waals surface area contributed by atoms with Crippen molar-refractivity contribution in [2.24, 2.45) is 0 Å². The van der Waals surface area contributed by atoms with E-state index in [0.717, 1.165) is 0 Å². The van der Waals surface area contributed by atoms with Crippen LogP contribution < -0.4 is 0 Å². The van der Waals surface area contributed by atoms with Gasteiger partial charge in [0.1, 0.15) is 0 Å². The highest BCUT2D eigenvalue weighted by molar-refractivity contribution is 14.1. The molecular formula is C19H18IN. The molecule has 1 nitrogen and oxygen atoms in total. The van der Waals surface area contributed by atoms with Crippen molar-refractivity contribution in [3.8, 4) is 0 Å². The zero-order chi connectivity index (χ0) is 15.0. The van der Waals surface area contributed by atoms with Crippen molar-refractivity contribution in [2.75, 3.05) is 0 Å². The second kappa shape index (κ2) is 5.68. The fourth-order valence-corrected chi connectivity index (χ4v) is 3.36. The lowest BCUT2D eigenvalue weighted by atomic mass is 10.1. The number of rotatable bonds is 3. The number of nitrogens with zero attached hydrogens (tertiary/aromatic N) is 1. The maximum atomic E-state index is 3.89. The fraction of sp³-hybridized carbons (Fsp3) is 0.158. The molecule has 0 N–H and O–H groups in total. The molecule has 0 saturated heterocycles. The summed E-state index contributed by atoms with van der Waals surface area (Å²) in [5, 5.41) is 2.62. The fourth-order valence-electron chi connectivity index (χ4n) is 2.95. The lowest BCUT2D eigenvalue weighted by molar-refractivity contribution is 0.642.